The van der Waals surface area contributed by atoms with E-state index in [0.717, 1.165) is 4.91 Å². The Kier molecular flexibility index (Phi) is 4.32. The van der Waals surface area contributed by atoms with Gasteiger partial charge in [0.25, 0.3) is 0 Å². The molecule has 0 spiro atoms. The minimum Gasteiger partial charge on any atom is -0.332 e. The van der Waals surface area contributed by atoms with Gasteiger partial charge in [0.1, 0.15) is 0 Å². The summed E-state index contributed by atoms with van der Waals surface area (Å²) >= 11 is 13.5. The molecule has 0 atom stereocenters. The van der Waals surface area contributed by atoms with Crippen LogP contribution in [-0.2, 0) is 4.79 Å². The molecule has 0 saturated heterocycles. The maximum absolute atomic E-state index is 11.0. The van der Waals surface area contributed by atoms with E-state index in [-0.39, 0.29) is 5.78 Å². The highest BCUT2D eigenvalue weighted by Gasteiger charge is 2.15. The summed E-state index contributed by atoms with van der Waals surface area (Å²) in [5.74, 6) is 0.0183. The summed E-state index contributed by atoms with van der Waals surface area (Å²) in [5.41, 5.74) is 0.635. The SMILES string of the molecule is CC(=O)/C=C1/CN=C(Nc2c(Cl)cccc2Cl)S1. The van der Waals surface area contributed by atoms with Crippen LogP contribution in [0, 0.1) is 0 Å². The number of carbonyl (C=O) groups excluding carboxylic acids is 1. The Labute approximate surface area is 119 Å². The van der Waals surface area contributed by atoms with E-state index < -0.39 is 0 Å². The van der Waals surface area contributed by atoms with Gasteiger partial charge in [-0.25, -0.2) is 0 Å². The number of amidine groups is 1. The molecule has 1 aliphatic rings. The van der Waals surface area contributed by atoms with Crippen LogP contribution >= 0.6 is 35.0 Å². The van der Waals surface area contributed by atoms with Gasteiger partial charge in [-0.3, -0.25) is 9.79 Å². The number of rotatable bonds is 2. The van der Waals surface area contributed by atoms with Crippen LogP contribution in [0.3, 0.4) is 0 Å². The van der Waals surface area contributed by atoms with E-state index >= 15 is 0 Å². The topological polar surface area (TPSA) is 41.5 Å². The summed E-state index contributed by atoms with van der Waals surface area (Å²) in [6.45, 7) is 2.03. The first-order valence-electron chi connectivity index (χ1n) is 5.21. The highest BCUT2D eigenvalue weighted by molar-refractivity contribution is 8.17. The molecule has 0 amide bonds. The molecular formula is C12H10Cl2N2OS. The maximum atomic E-state index is 11.0. The zero-order chi connectivity index (χ0) is 13.1. The lowest BCUT2D eigenvalue weighted by Gasteiger charge is -2.08. The standard InChI is InChI=1S/C12H10Cl2N2OS/c1-7(17)5-8-6-15-12(18-8)16-11-9(13)3-2-4-10(11)14/h2-5H,6H2,1H3,(H,15,16)/b8-5-. The predicted octanol–water partition coefficient (Wildman–Crippen LogP) is 3.98. The van der Waals surface area contributed by atoms with Crippen molar-refractivity contribution in [2.45, 2.75) is 6.92 Å². The summed E-state index contributed by atoms with van der Waals surface area (Å²) in [7, 11) is 0. The van der Waals surface area contributed by atoms with Gasteiger partial charge >= 0.3 is 0 Å². The van der Waals surface area contributed by atoms with Crippen LogP contribution in [0.1, 0.15) is 6.92 Å². The van der Waals surface area contributed by atoms with Crippen molar-refractivity contribution >= 4 is 51.6 Å². The Balaban J connectivity index is 2.11. The number of hydrogen-bond acceptors (Lipinski definition) is 4. The molecule has 0 aliphatic carbocycles. The highest BCUT2D eigenvalue weighted by atomic mass is 35.5. The van der Waals surface area contributed by atoms with E-state index in [4.69, 9.17) is 23.2 Å². The highest BCUT2D eigenvalue weighted by Crippen LogP contribution is 2.33. The van der Waals surface area contributed by atoms with E-state index in [2.05, 4.69) is 10.3 Å². The van der Waals surface area contributed by atoms with E-state index in [0.29, 0.717) is 27.4 Å². The van der Waals surface area contributed by atoms with Crippen molar-refractivity contribution in [3.63, 3.8) is 0 Å². The number of hydrogen-bond donors (Lipinski definition) is 1. The summed E-state index contributed by atoms with van der Waals surface area (Å²) in [6.07, 6.45) is 1.58. The number of benzene rings is 1. The van der Waals surface area contributed by atoms with E-state index in [1.807, 2.05) is 0 Å². The van der Waals surface area contributed by atoms with Gasteiger partial charge in [-0.05, 0) is 25.1 Å². The van der Waals surface area contributed by atoms with Crippen molar-refractivity contribution < 1.29 is 4.79 Å². The first-order valence-corrected chi connectivity index (χ1v) is 6.78. The Morgan fingerprint density at radius 2 is 2.11 bits per heavy atom. The monoisotopic (exact) mass is 300 g/mol. The first kappa shape index (κ1) is 13.5. The van der Waals surface area contributed by atoms with Crippen LogP contribution in [0.4, 0.5) is 5.69 Å². The second kappa shape index (κ2) is 5.78. The molecular weight excluding hydrogens is 291 g/mol. The van der Waals surface area contributed by atoms with Crippen LogP contribution in [0.15, 0.2) is 34.2 Å². The Morgan fingerprint density at radius 3 is 2.72 bits per heavy atom. The quantitative estimate of drug-likeness (QED) is 0.840. The lowest BCUT2D eigenvalue weighted by Crippen LogP contribution is -2.05. The molecule has 0 radical (unpaired) electrons. The molecule has 0 aromatic heterocycles. The Hall–Kier alpha value is -0.970. The number of carbonyl (C=O) groups is 1. The summed E-state index contributed by atoms with van der Waals surface area (Å²) in [6, 6.07) is 5.28. The van der Waals surface area contributed by atoms with Crippen LogP contribution in [0.25, 0.3) is 0 Å². The zero-order valence-corrected chi connectivity index (χ0v) is 11.9. The van der Waals surface area contributed by atoms with Gasteiger partial charge < -0.3 is 5.32 Å². The van der Waals surface area contributed by atoms with Crippen LogP contribution in [0.5, 0.6) is 0 Å². The van der Waals surface area contributed by atoms with Crippen LogP contribution < -0.4 is 5.32 Å². The minimum atomic E-state index is 0.0183. The third-order valence-electron chi connectivity index (χ3n) is 2.17. The van der Waals surface area contributed by atoms with Crippen molar-refractivity contribution in [1.29, 1.82) is 0 Å². The number of nitrogens with one attached hydrogen (secondary N) is 1. The fourth-order valence-electron chi connectivity index (χ4n) is 1.43. The molecule has 0 fully saturated rings. The van der Waals surface area contributed by atoms with E-state index in [1.165, 1.54) is 18.7 Å². The lowest BCUT2D eigenvalue weighted by molar-refractivity contribution is -0.112. The van der Waals surface area contributed by atoms with E-state index in [1.54, 1.807) is 24.3 Å². The molecule has 1 aromatic rings. The third-order valence-corrected chi connectivity index (χ3v) is 3.73. The number of thioether (sulfide) groups is 1. The van der Waals surface area contributed by atoms with E-state index in [9.17, 15) is 4.79 Å². The van der Waals surface area contributed by atoms with Gasteiger partial charge in [0.05, 0.1) is 22.3 Å². The third kappa shape index (κ3) is 3.28. The van der Waals surface area contributed by atoms with Gasteiger partial charge in [0, 0.05) is 4.91 Å². The smallest absolute Gasteiger partial charge is 0.166 e. The van der Waals surface area contributed by atoms with Crippen LogP contribution in [-0.4, -0.2) is 17.5 Å². The van der Waals surface area contributed by atoms with Gasteiger partial charge in [-0.15, -0.1) is 0 Å². The number of aliphatic imine (C=N–C) groups is 1. The molecule has 0 saturated carbocycles. The maximum Gasteiger partial charge on any atom is 0.166 e. The van der Waals surface area contributed by atoms with Gasteiger partial charge in [0.15, 0.2) is 11.0 Å². The number of ketones is 1. The Bertz CT molecular complexity index is 535. The molecule has 1 aromatic carbocycles. The van der Waals surface area contributed by atoms with Crippen LogP contribution in [0.2, 0.25) is 10.0 Å². The van der Waals surface area contributed by atoms with Crippen molar-refractivity contribution in [2.24, 2.45) is 4.99 Å². The Morgan fingerprint density at radius 1 is 1.44 bits per heavy atom. The minimum absolute atomic E-state index is 0.0183. The molecule has 18 heavy (non-hydrogen) atoms. The first-order chi connectivity index (χ1) is 8.56. The summed E-state index contributed by atoms with van der Waals surface area (Å²) < 4.78 is 0. The molecule has 2 rings (SSSR count). The number of halogens is 2. The van der Waals surface area contributed by atoms with Crippen molar-refractivity contribution in [3.05, 3.63) is 39.2 Å². The number of para-hydroxylation sites is 1. The van der Waals surface area contributed by atoms with Crippen molar-refractivity contribution in [3.8, 4) is 0 Å². The van der Waals surface area contributed by atoms with Gasteiger partial charge in [-0.1, -0.05) is 41.0 Å². The second-order valence-electron chi connectivity index (χ2n) is 3.67. The van der Waals surface area contributed by atoms with Crippen molar-refractivity contribution in [2.75, 3.05) is 11.9 Å². The van der Waals surface area contributed by atoms with Crippen molar-refractivity contribution in [1.82, 2.24) is 0 Å². The largest absolute Gasteiger partial charge is 0.332 e. The normalized spacial score (nSPS) is 16.8. The molecule has 0 bridgehead atoms. The zero-order valence-electron chi connectivity index (χ0n) is 9.54. The molecule has 3 nitrogen and oxygen atoms in total. The molecule has 94 valence electrons. The fraction of sp³-hybridized carbons (Fsp3) is 0.167. The number of allylic oxidation sites excluding steroid dienone is 1. The predicted molar refractivity (Wildman–Crippen MR) is 78.7 cm³/mol. The lowest BCUT2D eigenvalue weighted by atomic mass is 10.3. The molecule has 1 aliphatic heterocycles. The molecule has 1 heterocycles. The molecule has 1 N–H and O–H groups in total. The average Bonchev–Trinajstić information content (AvgIpc) is 2.70. The number of nitrogens with zero attached hydrogens (tertiary/aromatic N) is 1. The number of anilines is 1. The fourth-order valence-corrected chi connectivity index (χ4v) is 2.81. The summed E-state index contributed by atoms with van der Waals surface area (Å²) in [5, 5.41) is 4.84. The molecule has 0 unspecified atom stereocenters. The second-order valence-corrected chi connectivity index (χ2v) is 5.60. The molecule has 6 heteroatoms. The summed E-state index contributed by atoms with van der Waals surface area (Å²) in [4.78, 5) is 16.2. The van der Waals surface area contributed by atoms with Gasteiger partial charge in [-0.2, -0.15) is 0 Å². The van der Waals surface area contributed by atoms with Gasteiger partial charge in [0.2, 0.25) is 0 Å². The average molecular weight is 301 g/mol.